The highest BCUT2D eigenvalue weighted by Gasteiger charge is 2.53. The number of rotatable bonds is 5. The van der Waals surface area contributed by atoms with Crippen molar-refractivity contribution in [1.82, 2.24) is 5.32 Å². The largest absolute Gasteiger partial charge is 0.477 e. The van der Waals surface area contributed by atoms with Crippen LogP contribution >= 0.6 is 0 Å². The standard InChI is InChI=1S/C11H19NO9/c1-4(14)12-7-5(15)2-11(20,10(18)19)21-9(7)8(17)6(16)3-13/h5-9,13,15-17,20H,2-3H2,1H3,(H,12,14)(H,18,19)/t5-,6-,7-,8+,9+,11+/m0/s1. The normalized spacial score (nSPS) is 35.8. The molecule has 0 aliphatic carbocycles. The molecule has 1 amide bonds. The molecule has 10 nitrogen and oxygen atoms in total. The van der Waals surface area contributed by atoms with Gasteiger partial charge in [0.1, 0.15) is 18.3 Å². The van der Waals surface area contributed by atoms with Gasteiger partial charge in [0.15, 0.2) is 0 Å². The van der Waals surface area contributed by atoms with E-state index in [1.807, 2.05) is 0 Å². The Morgan fingerprint density at radius 1 is 1.43 bits per heavy atom. The quantitative estimate of drug-likeness (QED) is 0.268. The first-order chi connectivity index (χ1) is 9.62. The van der Waals surface area contributed by atoms with Crippen LogP contribution in [0.1, 0.15) is 13.3 Å². The number of hydrogen-bond acceptors (Lipinski definition) is 8. The zero-order chi connectivity index (χ0) is 16.4. The van der Waals surface area contributed by atoms with Crippen molar-refractivity contribution in [1.29, 1.82) is 0 Å². The van der Waals surface area contributed by atoms with E-state index < -0.39 is 61.1 Å². The van der Waals surface area contributed by atoms with E-state index in [0.717, 1.165) is 6.92 Å². The van der Waals surface area contributed by atoms with Gasteiger partial charge in [-0.15, -0.1) is 0 Å². The zero-order valence-corrected chi connectivity index (χ0v) is 11.2. The Morgan fingerprint density at radius 3 is 2.43 bits per heavy atom. The number of aliphatic hydroxyl groups is 5. The maximum Gasteiger partial charge on any atom is 0.364 e. The molecule has 0 bridgehead atoms. The number of carboxylic acids is 1. The van der Waals surface area contributed by atoms with E-state index >= 15 is 0 Å². The summed E-state index contributed by atoms with van der Waals surface area (Å²) >= 11 is 0. The molecule has 1 saturated heterocycles. The first kappa shape index (κ1) is 17.8. The van der Waals surface area contributed by atoms with Gasteiger partial charge in [0.2, 0.25) is 5.91 Å². The molecule has 122 valence electrons. The number of aliphatic hydroxyl groups excluding tert-OH is 4. The van der Waals surface area contributed by atoms with E-state index in [1.54, 1.807) is 0 Å². The average Bonchev–Trinajstić information content (AvgIpc) is 2.39. The molecule has 0 aromatic rings. The van der Waals surface area contributed by atoms with Gasteiger partial charge in [-0.25, -0.2) is 4.79 Å². The number of nitrogens with one attached hydrogen (secondary N) is 1. The third-order valence-corrected chi connectivity index (χ3v) is 3.21. The maximum atomic E-state index is 11.1. The van der Waals surface area contributed by atoms with Crippen LogP contribution in [0.2, 0.25) is 0 Å². The van der Waals surface area contributed by atoms with Crippen LogP contribution in [0, 0.1) is 0 Å². The summed E-state index contributed by atoms with van der Waals surface area (Å²) in [7, 11) is 0. The Morgan fingerprint density at radius 2 is 2.00 bits per heavy atom. The summed E-state index contributed by atoms with van der Waals surface area (Å²) in [5, 5.41) is 59.0. The van der Waals surface area contributed by atoms with E-state index in [4.69, 9.17) is 14.9 Å². The van der Waals surface area contributed by atoms with Crippen LogP contribution in [0.5, 0.6) is 0 Å². The van der Waals surface area contributed by atoms with Crippen molar-refractivity contribution in [3.05, 3.63) is 0 Å². The summed E-state index contributed by atoms with van der Waals surface area (Å²) in [5.74, 6) is -5.17. The summed E-state index contributed by atoms with van der Waals surface area (Å²) in [6.07, 6.45) is -7.48. The lowest BCUT2D eigenvalue weighted by atomic mass is 9.88. The highest BCUT2D eigenvalue weighted by atomic mass is 16.7. The number of amides is 1. The van der Waals surface area contributed by atoms with Crippen LogP contribution in [-0.4, -0.2) is 85.4 Å². The van der Waals surface area contributed by atoms with Gasteiger partial charge in [-0.3, -0.25) is 4.79 Å². The zero-order valence-electron chi connectivity index (χ0n) is 11.2. The Labute approximate surface area is 119 Å². The van der Waals surface area contributed by atoms with Crippen molar-refractivity contribution in [2.24, 2.45) is 0 Å². The van der Waals surface area contributed by atoms with Crippen LogP contribution in [0.4, 0.5) is 0 Å². The lowest BCUT2D eigenvalue weighted by Crippen LogP contribution is -2.67. The van der Waals surface area contributed by atoms with Gasteiger partial charge >= 0.3 is 5.97 Å². The first-order valence-electron chi connectivity index (χ1n) is 6.18. The van der Waals surface area contributed by atoms with Crippen molar-refractivity contribution in [2.75, 3.05) is 6.61 Å². The Balaban J connectivity index is 3.07. The van der Waals surface area contributed by atoms with Gasteiger partial charge in [0.25, 0.3) is 5.79 Å². The topological polar surface area (TPSA) is 177 Å². The van der Waals surface area contributed by atoms with E-state index in [9.17, 15) is 30.0 Å². The lowest BCUT2D eigenvalue weighted by Gasteiger charge is -2.44. The Kier molecular flexibility index (Phi) is 5.61. The minimum atomic E-state index is -2.78. The SMILES string of the molecule is CC(=O)N[C@@H]1[C@H]([C@H](O)[C@@H](O)CO)O[C@@](O)(C(=O)O)C[C@@H]1O. The number of hydrogen-bond donors (Lipinski definition) is 7. The predicted molar refractivity (Wildman–Crippen MR) is 64.8 cm³/mol. The van der Waals surface area contributed by atoms with Gasteiger partial charge in [0, 0.05) is 13.3 Å². The molecule has 21 heavy (non-hydrogen) atoms. The molecule has 0 aromatic carbocycles. The third-order valence-electron chi connectivity index (χ3n) is 3.21. The predicted octanol–water partition coefficient (Wildman–Crippen LogP) is -3.87. The average molecular weight is 309 g/mol. The van der Waals surface area contributed by atoms with Crippen LogP contribution in [0.15, 0.2) is 0 Å². The minimum absolute atomic E-state index is 0.598. The molecule has 1 aliphatic rings. The number of aliphatic carboxylic acids is 1. The summed E-state index contributed by atoms with van der Waals surface area (Å²) in [5.41, 5.74) is 0. The second kappa shape index (κ2) is 6.64. The molecule has 6 atom stereocenters. The minimum Gasteiger partial charge on any atom is -0.477 e. The number of ether oxygens (including phenoxy) is 1. The summed E-state index contributed by atoms with van der Waals surface area (Å²) in [6.45, 7) is 0.256. The number of carbonyl (C=O) groups is 2. The van der Waals surface area contributed by atoms with Crippen LogP contribution in [0.3, 0.4) is 0 Å². The molecule has 10 heteroatoms. The van der Waals surface area contributed by atoms with Gasteiger partial charge in [-0.2, -0.15) is 0 Å². The molecule has 1 rings (SSSR count). The van der Waals surface area contributed by atoms with Crippen LogP contribution < -0.4 is 5.32 Å². The Bertz CT molecular complexity index is 403. The van der Waals surface area contributed by atoms with Gasteiger partial charge < -0.3 is 40.7 Å². The molecule has 7 N–H and O–H groups in total. The van der Waals surface area contributed by atoms with Gasteiger partial charge in [-0.05, 0) is 0 Å². The summed E-state index contributed by atoms with van der Waals surface area (Å²) < 4.78 is 4.86. The lowest BCUT2D eigenvalue weighted by molar-refractivity contribution is -0.295. The third kappa shape index (κ3) is 3.87. The molecule has 0 aromatic heterocycles. The second-order valence-electron chi connectivity index (χ2n) is 4.91. The summed E-state index contributed by atoms with van der Waals surface area (Å²) in [4.78, 5) is 22.1. The molecule has 0 spiro atoms. The van der Waals surface area contributed by atoms with Crippen molar-refractivity contribution in [2.45, 2.75) is 49.6 Å². The molecule has 1 heterocycles. The van der Waals surface area contributed by atoms with E-state index in [2.05, 4.69) is 5.32 Å². The van der Waals surface area contributed by atoms with Gasteiger partial charge in [-0.1, -0.05) is 0 Å². The van der Waals surface area contributed by atoms with Crippen molar-refractivity contribution in [3.63, 3.8) is 0 Å². The van der Waals surface area contributed by atoms with Crippen LogP contribution in [0.25, 0.3) is 0 Å². The molecular formula is C11H19NO9. The molecule has 1 fully saturated rings. The van der Waals surface area contributed by atoms with E-state index in [0.29, 0.717) is 0 Å². The monoisotopic (exact) mass is 309 g/mol. The van der Waals surface area contributed by atoms with E-state index in [-0.39, 0.29) is 0 Å². The van der Waals surface area contributed by atoms with Crippen molar-refractivity contribution < 1.29 is 45.0 Å². The summed E-state index contributed by atoms with van der Waals surface area (Å²) in [6, 6.07) is -1.27. The first-order valence-corrected chi connectivity index (χ1v) is 6.18. The highest BCUT2D eigenvalue weighted by molar-refractivity contribution is 5.76. The molecule has 0 radical (unpaired) electrons. The number of carbonyl (C=O) groups excluding carboxylic acids is 1. The molecule has 0 saturated carbocycles. The smallest absolute Gasteiger partial charge is 0.364 e. The number of carboxylic acid groups (broad SMARTS) is 1. The van der Waals surface area contributed by atoms with E-state index in [1.165, 1.54) is 0 Å². The molecule has 0 unspecified atom stereocenters. The highest BCUT2D eigenvalue weighted by Crippen LogP contribution is 2.30. The Hall–Kier alpha value is -1.30. The van der Waals surface area contributed by atoms with Crippen molar-refractivity contribution in [3.8, 4) is 0 Å². The fourth-order valence-electron chi connectivity index (χ4n) is 2.14. The van der Waals surface area contributed by atoms with Crippen molar-refractivity contribution >= 4 is 11.9 Å². The fourth-order valence-corrected chi connectivity index (χ4v) is 2.14. The second-order valence-corrected chi connectivity index (χ2v) is 4.91. The van der Waals surface area contributed by atoms with Gasteiger partial charge in [0.05, 0.1) is 18.8 Å². The molecule has 1 aliphatic heterocycles. The van der Waals surface area contributed by atoms with Crippen LogP contribution in [-0.2, 0) is 14.3 Å². The fraction of sp³-hybridized carbons (Fsp3) is 0.818. The maximum absolute atomic E-state index is 11.1. The molecular weight excluding hydrogens is 290 g/mol.